The van der Waals surface area contributed by atoms with Gasteiger partial charge in [-0.25, -0.2) is 4.79 Å². The number of urea groups is 1. The minimum atomic E-state index is -0.877. The first-order chi connectivity index (χ1) is 10.1. The molecule has 0 radical (unpaired) electrons. The monoisotopic (exact) mass is 316 g/mol. The summed E-state index contributed by atoms with van der Waals surface area (Å²) in [5.74, 6) is 0.552. The molecule has 2 fully saturated rings. The molecule has 1 N–H and O–H groups in total. The molecule has 6 nitrogen and oxygen atoms in total. The summed E-state index contributed by atoms with van der Waals surface area (Å²) in [6.07, 6.45) is 1.82. The van der Waals surface area contributed by atoms with Crippen LogP contribution in [0.5, 0.6) is 0 Å². The standard InChI is InChI=1S/C14H24N2O4S/c1-2-4-16(12-10-20-9-11(12)13(17)18)14(19)15-5-3-7-21-8-6-15/h11-12H,2-10H2,1H3,(H,17,18). The van der Waals surface area contributed by atoms with Crippen molar-refractivity contribution >= 4 is 23.8 Å². The Kier molecular flexibility index (Phi) is 6.17. The van der Waals surface area contributed by atoms with E-state index in [-0.39, 0.29) is 18.7 Å². The van der Waals surface area contributed by atoms with Crippen molar-refractivity contribution in [3.05, 3.63) is 0 Å². The lowest BCUT2D eigenvalue weighted by Gasteiger charge is -2.34. The number of carbonyl (C=O) groups excluding carboxylic acids is 1. The molecule has 0 aliphatic carbocycles. The number of thioether (sulfide) groups is 1. The number of carboxylic acids is 1. The zero-order valence-corrected chi connectivity index (χ0v) is 13.3. The Balaban J connectivity index is 2.09. The maximum absolute atomic E-state index is 12.8. The van der Waals surface area contributed by atoms with Crippen LogP contribution in [0.2, 0.25) is 0 Å². The number of rotatable bonds is 4. The van der Waals surface area contributed by atoms with Crippen molar-refractivity contribution in [3.8, 4) is 0 Å². The van der Waals surface area contributed by atoms with Crippen LogP contribution in [0.1, 0.15) is 19.8 Å². The molecule has 21 heavy (non-hydrogen) atoms. The summed E-state index contributed by atoms with van der Waals surface area (Å²) >= 11 is 1.87. The van der Waals surface area contributed by atoms with Crippen LogP contribution in [0, 0.1) is 5.92 Å². The van der Waals surface area contributed by atoms with E-state index in [1.54, 1.807) is 4.90 Å². The van der Waals surface area contributed by atoms with E-state index in [0.29, 0.717) is 13.2 Å². The van der Waals surface area contributed by atoms with E-state index in [1.165, 1.54) is 0 Å². The molecule has 0 bridgehead atoms. The molecule has 2 heterocycles. The number of hydrogen-bond acceptors (Lipinski definition) is 4. The molecule has 2 atom stereocenters. The van der Waals surface area contributed by atoms with Crippen molar-refractivity contribution in [2.75, 3.05) is 44.4 Å². The van der Waals surface area contributed by atoms with E-state index in [0.717, 1.165) is 37.4 Å². The Labute approximate surface area is 129 Å². The van der Waals surface area contributed by atoms with Gasteiger partial charge in [0.05, 0.1) is 19.3 Å². The summed E-state index contributed by atoms with van der Waals surface area (Å²) in [4.78, 5) is 27.7. The summed E-state index contributed by atoms with van der Waals surface area (Å²) in [6.45, 7) is 4.62. The lowest BCUT2D eigenvalue weighted by molar-refractivity contribution is -0.142. The number of amides is 2. The van der Waals surface area contributed by atoms with Crippen LogP contribution >= 0.6 is 11.8 Å². The van der Waals surface area contributed by atoms with Gasteiger partial charge in [0.1, 0.15) is 5.92 Å². The Hall–Kier alpha value is -0.950. The molecule has 0 aromatic heterocycles. The molecule has 0 aromatic rings. The van der Waals surface area contributed by atoms with Gasteiger partial charge in [0.15, 0.2) is 0 Å². The van der Waals surface area contributed by atoms with Crippen LogP contribution in [-0.4, -0.2) is 77.3 Å². The van der Waals surface area contributed by atoms with E-state index in [4.69, 9.17) is 4.74 Å². The first-order valence-corrected chi connectivity index (χ1v) is 8.74. The second kappa shape index (κ2) is 7.89. The van der Waals surface area contributed by atoms with Crippen LogP contribution in [0.4, 0.5) is 4.79 Å². The quantitative estimate of drug-likeness (QED) is 0.848. The molecule has 2 saturated heterocycles. The average Bonchev–Trinajstić information content (AvgIpc) is 2.79. The molecule has 7 heteroatoms. The van der Waals surface area contributed by atoms with Gasteiger partial charge in [-0.3, -0.25) is 4.79 Å². The van der Waals surface area contributed by atoms with Gasteiger partial charge < -0.3 is 19.6 Å². The Morgan fingerprint density at radius 1 is 1.33 bits per heavy atom. The summed E-state index contributed by atoms with van der Waals surface area (Å²) in [5.41, 5.74) is 0. The minimum Gasteiger partial charge on any atom is -0.481 e. The number of nitrogens with zero attached hydrogens (tertiary/aromatic N) is 2. The van der Waals surface area contributed by atoms with Crippen molar-refractivity contribution < 1.29 is 19.4 Å². The molecule has 2 amide bonds. The SMILES string of the molecule is CCCN(C(=O)N1CCCSCC1)C1COCC1C(=O)O. The highest BCUT2D eigenvalue weighted by molar-refractivity contribution is 7.99. The second-order valence-corrected chi connectivity index (χ2v) is 6.70. The van der Waals surface area contributed by atoms with Crippen molar-refractivity contribution in [1.29, 1.82) is 0 Å². The molecule has 2 aliphatic rings. The van der Waals surface area contributed by atoms with Crippen molar-refractivity contribution in [1.82, 2.24) is 9.80 Å². The van der Waals surface area contributed by atoms with Crippen LogP contribution in [0.15, 0.2) is 0 Å². The van der Waals surface area contributed by atoms with Gasteiger partial charge in [0, 0.05) is 25.4 Å². The van der Waals surface area contributed by atoms with E-state index in [2.05, 4.69) is 0 Å². The van der Waals surface area contributed by atoms with Gasteiger partial charge in [-0.15, -0.1) is 0 Å². The first-order valence-electron chi connectivity index (χ1n) is 7.59. The molecule has 0 aromatic carbocycles. The fourth-order valence-electron chi connectivity index (χ4n) is 2.85. The third-order valence-electron chi connectivity index (χ3n) is 3.97. The fourth-order valence-corrected chi connectivity index (χ4v) is 3.74. The Bertz CT molecular complexity index is 372. The molecule has 2 unspecified atom stereocenters. The lowest BCUT2D eigenvalue weighted by atomic mass is 10.0. The predicted octanol–water partition coefficient (Wildman–Crippen LogP) is 1.36. The van der Waals surface area contributed by atoms with Crippen LogP contribution < -0.4 is 0 Å². The van der Waals surface area contributed by atoms with Crippen molar-refractivity contribution in [2.45, 2.75) is 25.8 Å². The summed E-state index contributed by atoms with van der Waals surface area (Å²) in [7, 11) is 0. The number of hydrogen-bond donors (Lipinski definition) is 1. The summed E-state index contributed by atoms with van der Waals surface area (Å²) in [6, 6.07) is -0.369. The molecule has 2 aliphatic heterocycles. The van der Waals surface area contributed by atoms with E-state index < -0.39 is 11.9 Å². The third kappa shape index (κ3) is 4.03. The minimum absolute atomic E-state index is 0.0268. The largest absolute Gasteiger partial charge is 0.481 e. The summed E-state index contributed by atoms with van der Waals surface area (Å²) in [5, 5.41) is 9.30. The van der Waals surface area contributed by atoms with E-state index in [9.17, 15) is 14.7 Å². The molecular weight excluding hydrogens is 292 g/mol. The maximum atomic E-state index is 12.8. The molecule has 2 rings (SSSR count). The normalized spacial score (nSPS) is 26.4. The Morgan fingerprint density at radius 3 is 2.86 bits per heavy atom. The maximum Gasteiger partial charge on any atom is 0.320 e. The topological polar surface area (TPSA) is 70.1 Å². The van der Waals surface area contributed by atoms with Gasteiger partial charge in [-0.1, -0.05) is 6.92 Å². The zero-order valence-electron chi connectivity index (χ0n) is 12.5. The van der Waals surface area contributed by atoms with E-state index in [1.807, 2.05) is 23.6 Å². The second-order valence-electron chi connectivity index (χ2n) is 5.48. The molecule has 0 saturated carbocycles. The van der Waals surface area contributed by atoms with Crippen LogP contribution in [-0.2, 0) is 9.53 Å². The fraction of sp³-hybridized carbons (Fsp3) is 0.857. The predicted molar refractivity (Wildman–Crippen MR) is 81.6 cm³/mol. The first kappa shape index (κ1) is 16.4. The highest BCUT2D eigenvalue weighted by Crippen LogP contribution is 2.22. The van der Waals surface area contributed by atoms with Gasteiger partial charge in [0.25, 0.3) is 0 Å². The van der Waals surface area contributed by atoms with Gasteiger partial charge in [0.2, 0.25) is 0 Å². The smallest absolute Gasteiger partial charge is 0.320 e. The zero-order chi connectivity index (χ0) is 15.2. The van der Waals surface area contributed by atoms with E-state index >= 15 is 0 Å². The number of carbonyl (C=O) groups is 2. The van der Waals surface area contributed by atoms with Gasteiger partial charge in [-0.2, -0.15) is 11.8 Å². The third-order valence-corrected chi connectivity index (χ3v) is 5.02. The summed E-state index contributed by atoms with van der Waals surface area (Å²) < 4.78 is 5.32. The van der Waals surface area contributed by atoms with Gasteiger partial charge >= 0.3 is 12.0 Å². The number of ether oxygens (including phenoxy) is 1. The van der Waals surface area contributed by atoms with Crippen molar-refractivity contribution in [3.63, 3.8) is 0 Å². The highest BCUT2D eigenvalue weighted by Gasteiger charge is 2.40. The molecule has 120 valence electrons. The van der Waals surface area contributed by atoms with Crippen LogP contribution in [0.25, 0.3) is 0 Å². The average molecular weight is 316 g/mol. The van der Waals surface area contributed by atoms with Gasteiger partial charge in [-0.05, 0) is 18.6 Å². The Morgan fingerprint density at radius 2 is 2.14 bits per heavy atom. The highest BCUT2D eigenvalue weighted by atomic mass is 32.2. The molecular formula is C14H24N2O4S. The number of carboxylic acid groups (broad SMARTS) is 1. The molecule has 0 spiro atoms. The van der Waals surface area contributed by atoms with Crippen molar-refractivity contribution in [2.24, 2.45) is 5.92 Å². The number of aliphatic carboxylic acids is 1. The van der Waals surface area contributed by atoms with Crippen LogP contribution in [0.3, 0.4) is 0 Å². The lowest BCUT2D eigenvalue weighted by Crippen LogP contribution is -2.52.